The molecule has 0 atom stereocenters. The molecule has 5 nitrogen and oxygen atoms in total. The second-order valence-electron chi connectivity index (χ2n) is 3.65. The molecule has 2 heterocycles. The summed E-state index contributed by atoms with van der Waals surface area (Å²) in [5.41, 5.74) is -0.233. The van der Waals surface area contributed by atoms with E-state index in [9.17, 15) is 14.0 Å². The molecule has 0 radical (unpaired) electrons. The maximum Gasteiger partial charge on any atom is 0.342 e. The molecule has 1 saturated heterocycles. The molecule has 1 fully saturated rings. The maximum atomic E-state index is 13.5. The fourth-order valence-corrected chi connectivity index (χ4v) is 1.73. The second kappa shape index (κ2) is 4.48. The van der Waals surface area contributed by atoms with Crippen LogP contribution in [-0.2, 0) is 9.53 Å². The number of hydrogen-bond donors (Lipinski definition) is 0. The van der Waals surface area contributed by atoms with E-state index in [2.05, 4.69) is 9.72 Å². The lowest BCUT2D eigenvalue weighted by Gasteiger charge is -2.14. The molecule has 0 spiro atoms. The number of rotatable bonds is 2. The molecule has 0 saturated carbocycles. The van der Waals surface area contributed by atoms with Crippen LogP contribution in [0, 0.1) is 5.95 Å². The van der Waals surface area contributed by atoms with Crippen LogP contribution in [0.1, 0.15) is 23.2 Å². The molecule has 0 aromatic carbocycles. The van der Waals surface area contributed by atoms with E-state index in [1.807, 2.05) is 0 Å². The number of nitrogens with zero attached hydrogens (tertiary/aromatic N) is 2. The molecule has 1 aliphatic rings. The van der Waals surface area contributed by atoms with Gasteiger partial charge in [-0.1, -0.05) is 0 Å². The number of ether oxygens (including phenoxy) is 1. The molecule has 90 valence electrons. The minimum absolute atomic E-state index is 0.0808. The molecule has 1 aliphatic heterocycles. The van der Waals surface area contributed by atoms with Crippen LogP contribution in [-0.4, -0.2) is 30.5 Å². The van der Waals surface area contributed by atoms with Gasteiger partial charge in [-0.25, -0.2) is 9.78 Å². The molecule has 1 aromatic heterocycles. The lowest BCUT2D eigenvalue weighted by Crippen LogP contribution is -2.25. The van der Waals surface area contributed by atoms with Crippen LogP contribution in [0.5, 0.6) is 0 Å². The van der Waals surface area contributed by atoms with Crippen molar-refractivity contribution in [3.05, 3.63) is 23.6 Å². The molecule has 0 aliphatic carbocycles. The number of pyridine rings is 1. The Bertz CT molecular complexity index is 476. The SMILES string of the molecule is COC(=O)c1ccc(N2CCCC2=O)nc1F. The summed E-state index contributed by atoms with van der Waals surface area (Å²) < 4.78 is 17.9. The van der Waals surface area contributed by atoms with E-state index in [1.54, 1.807) is 0 Å². The summed E-state index contributed by atoms with van der Waals surface area (Å²) in [7, 11) is 1.17. The van der Waals surface area contributed by atoms with Gasteiger partial charge in [0.1, 0.15) is 11.4 Å². The van der Waals surface area contributed by atoms with Gasteiger partial charge in [0.25, 0.3) is 0 Å². The first-order valence-electron chi connectivity index (χ1n) is 5.18. The number of amides is 1. The van der Waals surface area contributed by atoms with E-state index >= 15 is 0 Å². The fourth-order valence-electron chi connectivity index (χ4n) is 1.73. The molecule has 0 N–H and O–H groups in total. The third-order valence-electron chi connectivity index (χ3n) is 2.59. The first-order valence-corrected chi connectivity index (χ1v) is 5.18. The molecule has 0 bridgehead atoms. The predicted octanol–water partition coefficient (Wildman–Crippen LogP) is 1.13. The van der Waals surface area contributed by atoms with Crippen LogP contribution in [0.2, 0.25) is 0 Å². The van der Waals surface area contributed by atoms with Crippen molar-refractivity contribution in [2.75, 3.05) is 18.6 Å². The first-order chi connectivity index (χ1) is 8.13. The van der Waals surface area contributed by atoms with Gasteiger partial charge >= 0.3 is 5.97 Å². The van der Waals surface area contributed by atoms with Crippen molar-refractivity contribution in [3.63, 3.8) is 0 Å². The standard InChI is InChI=1S/C11H11FN2O3/c1-17-11(16)7-4-5-8(13-10(7)12)14-6-2-3-9(14)15/h4-5H,2-3,6H2,1H3. The number of carbonyl (C=O) groups excluding carboxylic acids is 2. The second-order valence-corrected chi connectivity index (χ2v) is 3.65. The number of anilines is 1. The molecule has 17 heavy (non-hydrogen) atoms. The van der Waals surface area contributed by atoms with Gasteiger partial charge in [-0.05, 0) is 18.6 Å². The van der Waals surface area contributed by atoms with Crippen LogP contribution in [0.25, 0.3) is 0 Å². The third kappa shape index (κ3) is 2.11. The molecule has 1 amide bonds. The zero-order valence-electron chi connectivity index (χ0n) is 9.27. The summed E-state index contributed by atoms with van der Waals surface area (Å²) >= 11 is 0. The zero-order chi connectivity index (χ0) is 12.4. The number of halogens is 1. The van der Waals surface area contributed by atoms with E-state index in [0.29, 0.717) is 13.0 Å². The summed E-state index contributed by atoms with van der Waals surface area (Å²) in [6.07, 6.45) is 1.18. The average Bonchev–Trinajstić information content (AvgIpc) is 2.74. The van der Waals surface area contributed by atoms with E-state index in [-0.39, 0.29) is 17.3 Å². The Labute approximate surface area is 97.2 Å². The lowest BCUT2D eigenvalue weighted by atomic mass is 10.2. The van der Waals surface area contributed by atoms with Gasteiger partial charge in [-0.15, -0.1) is 0 Å². The van der Waals surface area contributed by atoms with Gasteiger partial charge < -0.3 is 4.74 Å². The van der Waals surface area contributed by atoms with Crippen LogP contribution in [0.4, 0.5) is 10.2 Å². The zero-order valence-corrected chi connectivity index (χ0v) is 9.27. The fraction of sp³-hybridized carbons (Fsp3) is 0.364. The molecule has 0 unspecified atom stereocenters. The Morgan fingerprint density at radius 3 is 2.82 bits per heavy atom. The molecule has 6 heteroatoms. The van der Waals surface area contributed by atoms with Gasteiger partial charge in [0.05, 0.1) is 7.11 Å². The van der Waals surface area contributed by atoms with Crippen molar-refractivity contribution in [2.24, 2.45) is 0 Å². The van der Waals surface area contributed by atoms with Crippen molar-refractivity contribution < 1.29 is 18.7 Å². The number of hydrogen-bond acceptors (Lipinski definition) is 4. The Hall–Kier alpha value is -1.98. The highest BCUT2D eigenvalue weighted by Crippen LogP contribution is 2.20. The predicted molar refractivity (Wildman–Crippen MR) is 57.1 cm³/mol. The average molecular weight is 238 g/mol. The molecule has 2 rings (SSSR count). The van der Waals surface area contributed by atoms with Crippen LogP contribution in [0.15, 0.2) is 12.1 Å². The van der Waals surface area contributed by atoms with E-state index in [1.165, 1.54) is 24.1 Å². The van der Waals surface area contributed by atoms with Gasteiger partial charge in [0, 0.05) is 13.0 Å². The van der Waals surface area contributed by atoms with Crippen LogP contribution in [0.3, 0.4) is 0 Å². The number of aromatic nitrogens is 1. The monoisotopic (exact) mass is 238 g/mol. The molecular weight excluding hydrogens is 227 g/mol. The number of methoxy groups -OCH3 is 1. The Morgan fingerprint density at radius 2 is 2.29 bits per heavy atom. The highest BCUT2D eigenvalue weighted by Gasteiger charge is 2.24. The topological polar surface area (TPSA) is 59.5 Å². The maximum absolute atomic E-state index is 13.5. The van der Waals surface area contributed by atoms with E-state index < -0.39 is 11.9 Å². The van der Waals surface area contributed by atoms with Crippen molar-refractivity contribution in [3.8, 4) is 0 Å². The van der Waals surface area contributed by atoms with E-state index in [4.69, 9.17) is 0 Å². The molecular formula is C11H11FN2O3. The minimum Gasteiger partial charge on any atom is -0.465 e. The molecule has 1 aromatic rings. The third-order valence-corrected chi connectivity index (χ3v) is 2.59. The van der Waals surface area contributed by atoms with Crippen LogP contribution < -0.4 is 4.90 Å². The van der Waals surface area contributed by atoms with Crippen molar-refractivity contribution in [1.29, 1.82) is 0 Å². The normalized spacial score (nSPS) is 15.2. The number of esters is 1. The minimum atomic E-state index is -0.922. The Kier molecular flexibility index (Phi) is 3.03. The summed E-state index contributed by atoms with van der Waals surface area (Å²) in [6, 6.07) is 2.72. The van der Waals surface area contributed by atoms with Gasteiger partial charge in [-0.2, -0.15) is 4.39 Å². The van der Waals surface area contributed by atoms with Gasteiger partial charge in [-0.3, -0.25) is 9.69 Å². The summed E-state index contributed by atoms with van der Waals surface area (Å²) in [5, 5.41) is 0. The highest BCUT2D eigenvalue weighted by molar-refractivity contribution is 5.95. The van der Waals surface area contributed by atoms with Gasteiger partial charge in [0.15, 0.2) is 0 Å². The van der Waals surface area contributed by atoms with Crippen molar-refractivity contribution in [2.45, 2.75) is 12.8 Å². The van der Waals surface area contributed by atoms with Crippen molar-refractivity contribution >= 4 is 17.7 Å². The Morgan fingerprint density at radius 1 is 1.53 bits per heavy atom. The van der Waals surface area contributed by atoms with Crippen molar-refractivity contribution in [1.82, 2.24) is 4.98 Å². The largest absolute Gasteiger partial charge is 0.465 e. The highest BCUT2D eigenvalue weighted by atomic mass is 19.1. The van der Waals surface area contributed by atoms with E-state index in [0.717, 1.165) is 6.42 Å². The quantitative estimate of drug-likeness (QED) is 0.572. The van der Waals surface area contributed by atoms with Gasteiger partial charge in [0.2, 0.25) is 11.9 Å². The smallest absolute Gasteiger partial charge is 0.342 e. The lowest BCUT2D eigenvalue weighted by molar-refractivity contribution is -0.117. The Balaban J connectivity index is 2.30. The summed E-state index contributed by atoms with van der Waals surface area (Å²) in [6.45, 7) is 0.531. The summed E-state index contributed by atoms with van der Waals surface area (Å²) in [5.74, 6) is -1.55. The summed E-state index contributed by atoms with van der Waals surface area (Å²) in [4.78, 5) is 27.6. The first kappa shape index (κ1) is 11.5. The van der Waals surface area contributed by atoms with Crippen LogP contribution >= 0.6 is 0 Å². The number of carbonyl (C=O) groups is 2.